The van der Waals surface area contributed by atoms with Gasteiger partial charge in [-0.1, -0.05) is 166 Å². The molecule has 12 aliphatic carbocycles. The minimum Gasteiger partial charge on any atom is -0.0817 e. The molecule has 12 fully saturated rings. The third kappa shape index (κ3) is 9.47. The average molecular weight is 902 g/mol. The van der Waals surface area contributed by atoms with Crippen molar-refractivity contribution in [1.29, 1.82) is 0 Å². The third-order valence-corrected chi connectivity index (χ3v) is 25.9. The van der Waals surface area contributed by atoms with E-state index in [1.54, 1.807) is 212 Å². The molecular formula is C66H108. The minimum absolute atomic E-state index is 0.919. The van der Waals surface area contributed by atoms with Crippen LogP contribution in [0, 0.1) is 124 Å². The maximum Gasteiger partial charge on any atom is -0.0200 e. The van der Waals surface area contributed by atoms with Gasteiger partial charge in [0.05, 0.1) is 0 Å². The number of allylic oxidation sites excluding steroid dienone is 2. The Balaban J connectivity index is 0.807. The SMILES string of the molecule is C(=C(C1CCCCC1)C1CCCCC1)C1CCC(C2C3CCCCC3C(C3C4CCCCC4C(C4CCC(C5CCCCC5)C(C5CCCCC5)C4)C4CCCCC43)C3CCCCC32)CC1. The van der Waals surface area contributed by atoms with Crippen molar-refractivity contribution >= 4 is 0 Å². The van der Waals surface area contributed by atoms with Crippen LogP contribution >= 0.6 is 0 Å². The van der Waals surface area contributed by atoms with Crippen LogP contribution in [0.1, 0.15) is 276 Å². The standard InChI is InChI=1S/C66H108/c1-5-21-46(22-6-1)52-42-41-51(44-62(52)49-27-11-4-12-28-49)64-55-31-15-19-35-59(55)66(60-36-20-16-32-56(60)64)65-57-33-17-13-29-53(57)63(54-30-14-18-34-58(54)65)50-39-37-45(38-40-50)43-61(47-23-7-2-8-24-47)48-25-9-3-10-26-48/h43,45-60,62-66H,1-42,44H2. The molecule has 12 rings (SSSR count). The van der Waals surface area contributed by atoms with Gasteiger partial charge in [-0.05, 0) is 246 Å². The molecule has 372 valence electrons. The predicted molar refractivity (Wildman–Crippen MR) is 280 cm³/mol. The first-order chi connectivity index (χ1) is 32.8. The Kier molecular flexibility index (Phi) is 15.5. The highest BCUT2D eigenvalue weighted by molar-refractivity contribution is 5.16. The molecule has 0 amide bonds. The molecule has 0 bridgehead atoms. The first-order valence-corrected chi connectivity index (χ1v) is 32.5. The molecule has 0 aromatic carbocycles. The molecule has 0 heterocycles. The van der Waals surface area contributed by atoms with Crippen LogP contribution in [0.15, 0.2) is 11.6 Å². The van der Waals surface area contributed by atoms with Gasteiger partial charge < -0.3 is 0 Å². The van der Waals surface area contributed by atoms with E-state index in [0.29, 0.717) is 0 Å². The van der Waals surface area contributed by atoms with Gasteiger partial charge in [0.25, 0.3) is 0 Å². The highest BCUT2D eigenvalue weighted by Gasteiger charge is 2.62. The molecule has 0 aromatic rings. The summed E-state index contributed by atoms with van der Waals surface area (Å²) < 4.78 is 0. The highest BCUT2D eigenvalue weighted by Crippen LogP contribution is 2.69. The predicted octanol–water partition coefficient (Wildman–Crippen LogP) is 19.8. The Hall–Kier alpha value is -0.260. The molecule has 0 saturated heterocycles. The van der Waals surface area contributed by atoms with Crippen LogP contribution in [-0.4, -0.2) is 0 Å². The van der Waals surface area contributed by atoms with Gasteiger partial charge in [0.15, 0.2) is 0 Å². The largest absolute Gasteiger partial charge is 0.0817 e. The van der Waals surface area contributed by atoms with E-state index in [4.69, 9.17) is 0 Å². The molecule has 11 atom stereocenters. The summed E-state index contributed by atoms with van der Waals surface area (Å²) in [6.45, 7) is 0. The summed E-state index contributed by atoms with van der Waals surface area (Å²) in [5, 5.41) is 0. The van der Waals surface area contributed by atoms with Crippen LogP contribution in [0.4, 0.5) is 0 Å². The summed E-state index contributed by atoms with van der Waals surface area (Å²) >= 11 is 0. The number of hydrogen-bond donors (Lipinski definition) is 0. The fraction of sp³-hybridized carbons (Fsp3) is 0.970. The summed E-state index contributed by atoms with van der Waals surface area (Å²) in [4.78, 5) is 0. The van der Waals surface area contributed by atoms with E-state index < -0.39 is 0 Å². The number of rotatable bonds is 8. The van der Waals surface area contributed by atoms with E-state index in [-0.39, 0.29) is 0 Å². The van der Waals surface area contributed by atoms with Gasteiger partial charge in [-0.15, -0.1) is 0 Å². The lowest BCUT2D eigenvalue weighted by Crippen LogP contribution is -2.60. The molecule has 0 heteroatoms. The van der Waals surface area contributed by atoms with E-state index in [0.717, 1.165) is 124 Å². The molecule has 11 unspecified atom stereocenters. The fourth-order valence-electron chi connectivity index (χ4n) is 23.7. The van der Waals surface area contributed by atoms with Gasteiger partial charge in [-0.3, -0.25) is 0 Å². The van der Waals surface area contributed by atoms with Crippen LogP contribution in [0.3, 0.4) is 0 Å². The van der Waals surface area contributed by atoms with Gasteiger partial charge in [0, 0.05) is 0 Å². The number of fused-ring (bicyclic) bond motifs is 4. The van der Waals surface area contributed by atoms with Crippen molar-refractivity contribution in [1.82, 2.24) is 0 Å². The zero-order chi connectivity index (χ0) is 43.8. The Labute approximate surface area is 410 Å². The van der Waals surface area contributed by atoms with Crippen molar-refractivity contribution in [3.05, 3.63) is 11.6 Å². The minimum atomic E-state index is 0.919. The van der Waals surface area contributed by atoms with Crippen molar-refractivity contribution in [2.75, 3.05) is 0 Å². The van der Waals surface area contributed by atoms with Crippen molar-refractivity contribution in [2.45, 2.75) is 276 Å². The van der Waals surface area contributed by atoms with Crippen molar-refractivity contribution < 1.29 is 0 Å². The topological polar surface area (TPSA) is 0 Å². The maximum absolute atomic E-state index is 3.04. The van der Waals surface area contributed by atoms with Crippen LogP contribution in [-0.2, 0) is 0 Å². The Morgan fingerprint density at radius 2 is 0.530 bits per heavy atom. The van der Waals surface area contributed by atoms with Crippen LogP contribution < -0.4 is 0 Å². The number of hydrogen-bond acceptors (Lipinski definition) is 0. The molecular weight excluding hydrogens is 793 g/mol. The summed E-state index contributed by atoms with van der Waals surface area (Å²) in [7, 11) is 0. The second-order valence-electron chi connectivity index (χ2n) is 28.5. The maximum atomic E-state index is 3.04. The first kappa shape index (κ1) is 46.8. The van der Waals surface area contributed by atoms with Crippen LogP contribution in [0.2, 0.25) is 0 Å². The summed E-state index contributed by atoms with van der Waals surface area (Å²) in [5.41, 5.74) is 2.03. The molecule has 12 saturated carbocycles. The van der Waals surface area contributed by atoms with E-state index in [1.165, 1.54) is 64.2 Å². The molecule has 0 radical (unpaired) electrons. The van der Waals surface area contributed by atoms with Crippen molar-refractivity contribution in [3.63, 3.8) is 0 Å². The van der Waals surface area contributed by atoms with E-state index >= 15 is 0 Å². The van der Waals surface area contributed by atoms with E-state index in [9.17, 15) is 0 Å². The molecule has 0 N–H and O–H groups in total. The van der Waals surface area contributed by atoms with Gasteiger partial charge in [0.2, 0.25) is 0 Å². The van der Waals surface area contributed by atoms with Crippen LogP contribution in [0.25, 0.3) is 0 Å². The monoisotopic (exact) mass is 901 g/mol. The smallest absolute Gasteiger partial charge is 0.0200 e. The van der Waals surface area contributed by atoms with Crippen LogP contribution in [0.5, 0.6) is 0 Å². The van der Waals surface area contributed by atoms with Gasteiger partial charge >= 0.3 is 0 Å². The van der Waals surface area contributed by atoms with Crippen molar-refractivity contribution in [2.24, 2.45) is 124 Å². The van der Waals surface area contributed by atoms with Gasteiger partial charge in [-0.25, -0.2) is 0 Å². The first-order valence-electron chi connectivity index (χ1n) is 32.5. The third-order valence-electron chi connectivity index (χ3n) is 25.9. The Morgan fingerprint density at radius 1 is 0.212 bits per heavy atom. The summed E-state index contributed by atoms with van der Waals surface area (Å²) in [6.07, 6.45) is 71.3. The lowest BCUT2D eigenvalue weighted by molar-refractivity contribution is -0.175. The average Bonchev–Trinajstić information content (AvgIpc) is 3.40. The fourth-order valence-corrected chi connectivity index (χ4v) is 23.7. The van der Waals surface area contributed by atoms with E-state index in [2.05, 4.69) is 6.08 Å². The zero-order valence-electron chi connectivity index (χ0n) is 43.6. The van der Waals surface area contributed by atoms with Crippen molar-refractivity contribution in [3.8, 4) is 0 Å². The second-order valence-corrected chi connectivity index (χ2v) is 28.5. The Bertz CT molecular complexity index is 1450. The summed E-state index contributed by atoms with van der Waals surface area (Å²) in [6, 6.07) is 0. The quantitative estimate of drug-likeness (QED) is 0.213. The normalized spacial score (nSPS) is 47.1. The second kappa shape index (κ2) is 21.8. The Morgan fingerprint density at radius 3 is 0.939 bits per heavy atom. The molecule has 0 aromatic heterocycles. The molecule has 0 aliphatic heterocycles. The molecule has 12 aliphatic rings. The van der Waals surface area contributed by atoms with E-state index in [1.807, 2.05) is 5.57 Å². The lowest BCUT2D eigenvalue weighted by Gasteiger charge is -2.66. The van der Waals surface area contributed by atoms with Gasteiger partial charge in [-0.2, -0.15) is 0 Å². The molecule has 0 nitrogen and oxygen atoms in total. The lowest BCUT2D eigenvalue weighted by atomic mass is 9.39. The molecule has 66 heavy (non-hydrogen) atoms. The zero-order valence-corrected chi connectivity index (χ0v) is 43.6. The highest BCUT2D eigenvalue weighted by atomic mass is 14.7. The molecule has 0 spiro atoms. The van der Waals surface area contributed by atoms with Gasteiger partial charge in [0.1, 0.15) is 0 Å². The summed E-state index contributed by atoms with van der Waals surface area (Å²) in [5.74, 6) is 22.8.